The fourth-order valence-electron chi connectivity index (χ4n) is 7.43. The van der Waals surface area contributed by atoms with Crippen LogP contribution >= 0.6 is 0 Å². The van der Waals surface area contributed by atoms with Gasteiger partial charge in [-0.2, -0.15) is 0 Å². The fraction of sp³-hybridized carbons (Fsp3) is 0.940. The maximum atomic E-state index is 12.7. The summed E-state index contributed by atoms with van der Waals surface area (Å²) in [7, 11) is 0. The van der Waals surface area contributed by atoms with Crippen LogP contribution in [0.1, 0.15) is 272 Å². The van der Waals surface area contributed by atoms with Crippen LogP contribution in [0.3, 0.4) is 0 Å². The highest BCUT2D eigenvalue weighted by molar-refractivity contribution is 5.71. The summed E-state index contributed by atoms with van der Waals surface area (Å²) in [6.45, 7) is 11.3. The molecule has 0 aromatic rings. The average Bonchev–Trinajstić information content (AvgIpc) is 3.18. The van der Waals surface area contributed by atoms with Crippen molar-refractivity contribution in [2.45, 2.75) is 278 Å². The third-order valence-corrected chi connectivity index (χ3v) is 11.6. The standard InChI is InChI=1S/C50H96O6/c1-6-8-9-10-11-12-13-14-15-16-20-25-30-35-40-48(51)54-43-47(56-50(53)42-37-32-27-22-23-28-33-38-45(3)4)44-55-49(52)41-36-31-26-21-18-17-19-24-29-34-39-46(5)7-2/h45-47H,6-44H2,1-5H3/t46?,47-/m0/s1. The minimum absolute atomic E-state index is 0.0648. The van der Waals surface area contributed by atoms with Gasteiger partial charge in [0.2, 0.25) is 0 Å². The molecule has 56 heavy (non-hydrogen) atoms. The van der Waals surface area contributed by atoms with Crippen LogP contribution in [0.5, 0.6) is 0 Å². The molecule has 0 aliphatic rings. The minimum Gasteiger partial charge on any atom is -0.462 e. The van der Waals surface area contributed by atoms with Gasteiger partial charge in [0.25, 0.3) is 0 Å². The van der Waals surface area contributed by atoms with Crippen molar-refractivity contribution in [3.05, 3.63) is 0 Å². The number of esters is 3. The van der Waals surface area contributed by atoms with Gasteiger partial charge in [0, 0.05) is 19.3 Å². The summed E-state index contributed by atoms with van der Waals surface area (Å²) < 4.78 is 16.8. The molecule has 1 unspecified atom stereocenters. The normalized spacial score (nSPS) is 12.5. The smallest absolute Gasteiger partial charge is 0.306 e. The molecular formula is C50H96O6. The highest BCUT2D eigenvalue weighted by Crippen LogP contribution is 2.17. The first-order valence-corrected chi connectivity index (χ1v) is 24.8. The number of rotatable bonds is 44. The van der Waals surface area contributed by atoms with E-state index in [0.29, 0.717) is 19.3 Å². The van der Waals surface area contributed by atoms with Crippen LogP contribution in [0.25, 0.3) is 0 Å². The molecule has 6 nitrogen and oxygen atoms in total. The second-order valence-electron chi connectivity index (χ2n) is 17.8. The van der Waals surface area contributed by atoms with E-state index in [2.05, 4.69) is 34.6 Å². The van der Waals surface area contributed by atoms with E-state index in [9.17, 15) is 14.4 Å². The number of ether oxygens (including phenoxy) is 3. The number of hydrogen-bond donors (Lipinski definition) is 0. The predicted molar refractivity (Wildman–Crippen MR) is 238 cm³/mol. The third-order valence-electron chi connectivity index (χ3n) is 11.6. The fourth-order valence-corrected chi connectivity index (χ4v) is 7.43. The molecule has 0 aliphatic carbocycles. The molecule has 0 saturated carbocycles. The van der Waals surface area contributed by atoms with E-state index in [-0.39, 0.29) is 31.1 Å². The Balaban J connectivity index is 4.30. The number of hydrogen-bond acceptors (Lipinski definition) is 6. The van der Waals surface area contributed by atoms with Crippen molar-refractivity contribution in [2.24, 2.45) is 11.8 Å². The van der Waals surface area contributed by atoms with Gasteiger partial charge in [0.1, 0.15) is 13.2 Å². The molecule has 0 spiro atoms. The van der Waals surface area contributed by atoms with Gasteiger partial charge in [-0.15, -0.1) is 0 Å². The molecule has 0 saturated heterocycles. The van der Waals surface area contributed by atoms with Gasteiger partial charge in [0.15, 0.2) is 6.10 Å². The Kier molecular flexibility index (Phi) is 41.8. The van der Waals surface area contributed by atoms with Crippen molar-refractivity contribution in [3.8, 4) is 0 Å². The van der Waals surface area contributed by atoms with Gasteiger partial charge in [0.05, 0.1) is 0 Å². The molecule has 0 rings (SSSR count). The van der Waals surface area contributed by atoms with Gasteiger partial charge >= 0.3 is 17.9 Å². The van der Waals surface area contributed by atoms with Crippen LogP contribution < -0.4 is 0 Å². The second kappa shape index (κ2) is 43.0. The lowest BCUT2D eigenvalue weighted by molar-refractivity contribution is -0.167. The summed E-state index contributed by atoms with van der Waals surface area (Å²) in [6.07, 6.45) is 42.3. The highest BCUT2D eigenvalue weighted by atomic mass is 16.6. The quantitative estimate of drug-likeness (QED) is 0.0347. The van der Waals surface area contributed by atoms with Crippen LogP contribution in [0.4, 0.5) is 0 Å². The second-order valence-corrected chi connectivity index (χ2v) is 17.8. The SMILES string of the molecule is CCCCCCCCCCCCCCCCC(=O)OC[C@@H](COC(=O)CCCCCCCCCCCCC(C)CC)OC(=O)CCCCCCCCCC(C)C. The zero-order valence-electron chi connectivity index (χ0n) is 38.3. The maximum absolute atomic E-state index is 12.7. The third kappa shape index (κ3) is 42.0. The largest absolute Gasteiger partial charge is 0.462 e. The molecule has 0 aromatic heterocycles. The molecule has 0 amide bonds. The van der Waals surface area contributed by atoms with Gasteiger partial charge in [-0.1, -0.05) is 234 Å². The first kappa shape index (κ1) is 54.4. The number of carbonyl (C=O) groups excluding carboxylic acids is 3. The van der Waals surface area contributed by atoms with Crippen molar-refractivity contribution >= 4 is 17.9 Å². The lowest BCUT2D eigenvalue weighted by atomic mass is 9.99. The highest BCUT2D eigenvalue weighted by Gasteiger charge is 2.19. The van der Waals surface area contributed by atoms with Gasteiger partial charge in [-0.05, 0) is 31.1 Å². The van der Waals surface area contributed by atoms with E-state index in [1.165, 1.54) is 161 Å². The molecule has 332 valence electrons. The maximum Gasteiger partial charge on any atom is 0.306 e. The Morgan fingerprint density at radius 2 is 0.679 bits per heavy atom. The lowest BCUT2D eigenvalue weighted by Crippen LogP contribution is -2.30. The molecule has 0 aromatic carbocycles. The topological polar surface area (TPSA) is 78.9 Å². The Morgan fingerprint density at radius 1 is 0.375 bits per heavy atom. The van der Waals surface area contributed by atoms with Crippen molar-refractivity contribution in [3.63, 3.8) is 0 Å². The van der Waals surface area contributed by atoms with Crippen molar-refractivity contribution in [1.29, 1.82) is 0 Å². The first-order valence-electron chi connectivity index (χ1n) is 24.8. The molecule has 0 bridgehead atoms. The lowest BCUT2D eigenvalue weighted by Gasteiger charge is -2.18. The summed E-state index contributed by atoms with van der Waals surface area (Å²) in [4.78, 5) is 37.8. The molecule has 2 atom stereocenters. The van der Waals surface area contributed by atoms with Gasteiger partial charge in [-0.25, -0.2) is 0 Å². The van der Waals surface area contributed by atoms with E-state index in [1.807, 2.05) is 0 Å². The number of unbranched alkanes of at least 4 members (excludes halogenated alkanes) is 28. The molecule has 0 fully saturated rings. The molecule has 0 radical (unpaired) electrons. The molecule has 6 heteroatoms. The van der Waals surface area contributed by atoms with Crippen molar-refractivity contribution < 1.29 is 28.6 Å². The first-order chi connectivity index (χ1) is 27.3. The Labute approximate surface area is 348 Å². The van der Waals surface area contributed by atoms with E-state index in [4.69, 9.17) is 14.2 Å². The summed E-state index contributed by atoms with van der Waals surface area (Å²) >= 11 is 0. The van der Waals surface area contributed by atoms with Crippen LogP contribution in [0, 0.1) is 11.8 Å². The van der Waals surface area contributed by atoms with E-state index in [1.54, 1.807) is 0 Å². The molecule has 0 N–H and O–H groups in total. The zero-order chi connectivity index (χ0) is 41.2. The molecule has 0 aliphatic heterocycles. The van der Waals surface area contributed by atoms with E-state index < -0.39 is 6.10 Å². The van der Waals surface area contributed by atoms with Crippen LogP contribution in [0.2, 0.25) is 0 Å². The van der Waals surface area contributed by atoms with E-state index >= 15 is 0 Å². The van der Waals surface area contributed by atoms with Crippen molar-refractivity contribution in [2.75, 3.05) is 13.2 Å². The van der Waals surface area contributed by atoms with Crippen LogP contribution in [-0.4, -0.2) is 37.2 Å². The van der Waals surface area contributed by atoms with Gasteiger partial charge < -0.3 is 14.2 Å². The Bertz CT molecular complexity index is 856. The predicted octanol–water partition coefficient (Wildman–Crippen LogP) is 15.8. The summed E-state index contributed by atoms with van der Waals surface area (Å²) in [6, 6.07) is 0. The molecular weight excluding hydrogens is 697 g/mol. The van der Waals surface area contributed by atoms with Crippen LogP contribution in [-0.2, 0) is 28.6 Å². The monoisotopic (exact) mass is 793 g/mol. The van der Waals surface area contributed by atoms with Gasteiger partial charge in [-0.3, -0.25) is 14.4 Å². The average molecular weight is 793 g/mol. The summed E-state index contributed by atoms with van der Waals surface area (Å²) in [5.74, 6) is 0.793. The van der Waals surface area contributed by atoms with Crippen LogP contribution in [0.15, 0.2) is 0 Å². The van der Waals surface area contributed by atoms with Crippen molar-refractivity contribution in [1.82, 2.24) is 0 Å². The Morgan fingerprint density at radius 3 is 1.02 bits per heavy atom. The molecule has 0 heterocycles. The zero-order valence-corrected chi connectivity index (χ0v) is 38.3. The van der Waals surface area contributed by atoms with E-state index in [0.717, 1.165) is 69.6 Å². The summed E-state index contributed by atoms with van der Waals surface area (Å²) in [5.41, 5.74) is 0. The summed E-state index contributed by atoms with van der Waals surface area (Å²) in [5, 5.41) is 0. The minimum atomic E-state index is -0.761. The Hall–Kier alpha value is -1.59. The number of carbonyl (C=O) groups is 3.